The van der Waals surface area contributed by atoms with E-state index in [2.05, 4.69) is 10.9 Å². The summed E-state index contributed by atoms with van der Waals surface area (Å²) in [6.07, 6.45) is 7.54. The summed E-state index contributed by atoms with van der Waals surface area (Å²) in [5.74, 6) is 3.49. The Kier molecular flexibility index (Phi) is 3.49. The first-order valence-electron chi connectivity index (χ1n) is 3.60. The van der Waals surface area contributed by atoms with E-state index in [1.807, 2.05) is 12.1 Å². The van der Waals surface area contributed by atoms with E-state index in [1.165, 1.54) is 0 Å². The van der Waals surface area contributed by atoms with Crippen molar-refractivity contribution in [2.45, 2.75) is 11.4 Å². The van der Waals surface area contributed by atoms with Gasteiger partial charge in [-0.2, -0.15) is 0 Å². The monoisotopic (exact) mass is 178 g/mol. The van der Waals surface area contributed by atoms with Gasteiger partial charge < -0.3 is 5.73 Å². The first-order valence-corrected chi connectivity index (χ1v) is 4.59. The number of nitrogens with zero attached hydrogens (tertiary/aromatic N) is 1. The molecule has 0 aliphatic rings. The fourth-order valence-electron chi connectivity index (χ4n) is 0.692. The van der Waals surface area contributed by atoms with E-state index in [0.717, 1.165) is 17.2 Å². The van der Waals surface area contributed by atoms with Crippen molar-refractivity contribution in [3.8, 4) is 12.3 Å². The number of nitrogen functional groups attached to an aromatic ring is 1. The molecule has 3 heteroatoms. The van der Waals surface area contributed by atoms with Gasteiger partial charge in [0.05, 0.1) is 16.9 Å². The molecule has 0 aromatic carbocycles. The zero-order chi connectivity index (χ0) is 8.81. The number of terminal acetylenes is 1. The Morgan fingerprint density at radius 1 is 1.58 bits per heavy atom. The Morgan fingerprint density at radius 2 is 2.42 bits per heavy atom. The lowest BCUT2D eigenvalue weighted by Gasteiger charge is -1.97. The van der Waals surface area contributed by atoms with Crippen molar-refractivity contribution in [2.75, 3.05) is 11.5 Å². The SMILES string of the molecule is C#CCCSc1ccc(N)cn1. The minimum Gasteiger partial charge on any atom is -0.397 e. The fourth-order valence-corrected chi connectivity index (χ4v) is 1.41. The van der Waals surface area contributed by atoms with Crippen LogP contribution in [0.2, 0.25) is 0 Å². The van der Waals surface area contributed by atoms with Crippen LogP contribution in [0.4, 0.5) is 5.69 Å². The van der Waals surface area contributed by atoms with E-state index in [0.29, 0.717) is 5.69 Å². The third-order valence-corrected chi connectivity index (χ3v) is 2.20. The smallest absolute Gasteiger partial charge is 0.0961 e. The second-order valence-electron chi connectivity index (χ2n) is 2.23. The zero-order valence-corrected chi connectivity index (χ0v) is 7.47. The van der Waals surface area contributed by atoms with Crippen LogP contribution in [-0.4, -0.2) is 10.7 Å². The lowest BCUT2D eigenvalue weighted by Crippen LogP contribution is -1.87. The van der Waals surface area contributed by atoms with Crippen molar-refractivity contribution in [2.24, 2.45) is 0 Å². The van der Waals surface area contributed by atoms with Crippen LogP contribution < -0.4 is 5.73 Å². The van der Waals surface area contributed by atoms with Gasteiger partial charge in [0.25, 0.3) is 0 Å². The molecule has 0 saturated heterocycles. The average Bonchev–Trinajstić information content (AvgIpc) is 2.09. The van der Waals surface area contributed by atoms with E-state index in [1.54, 1.807) is 18.0 Å². The number of pyridine rings is 1. The van der Waals surface area contributed by atoms with Crippen molar-refractivity contribution in [3.05, 3.63) is 18.3 Å². The van der Waals surface area contributed by atoms with Gasteiger partial charge in [-0.1, -0.05) is 0 Å². The second kappa shape index (κ2) is 4.68. The van der Waals surface area contributed by atoms with E-state index in [9.17, 15) is 0 Å². The van der Waals surface area contributed by atoms with Crippen molar-refractivity contribution >= 4 is 17.4 Å². The molecule has 1 aromatic heterocycles. The lowest BCUT2D eigenvalue weighted by atomic mass is 10.4. The fraction of sp³-hybridized carbons (Fsp3) is 0.222. The van der Waals surface area contributed by atoms with E-state index < -0.39 is 0 Å². The summed E-state index contributed by atoms with van der Waals surface area (Å²) in [7, 11) is 0. The van der Waals surface area contributed by atoms with Crippen LogP contribution in [-0.2, 0) is 0 Å². The third-order valence-electron chi connectivity index (χ3n) is 1.26. The quantitative estimate of drug-likeness (QED) is 0.435. The first kappa shape index (κ1) is 8.95. The maximum Gasteiger partial charge on any atom is 0.0961 e. The standard InChI is InChI=1S/C9H10N2S/c1-2-3-6-12-9-5-4-8(10)7-11-9/h1,4-5,7H,3,6,10H2. The first-order chi connectivity index (χ1) is 5.83. The minimum atomic E-state index is 0.691. The molecule has 1 heterocycles. The van der Waals surface area contributed by atoms with Crippen molar-refractivity contribution in [1.29, 1.82) is 0 Å². The van der Waals surface area contributed by atoms with Gasteiger partial charge in [0.1, 0.15) is 0 Å². The van der Waals surface area contributed by atoms with Gasteiger partial charge in [0.15, 0.2) is 0 Å². The summed E-state index contributed by atoms with van der Waals surface area (Å²) < 4.78 is 0. The van der Waals surface area contributed by atoms with Gasteiger partial charge in [-0.15, -0.1) is 24.1 Å². The van der Waals surface area contributed by atoms with Crippen LogP contribution in [0.1, 0.15) is 6.42 Å². The number of hydrogen-bond acceptors (Lipinski definition) is 3. The Labute approximate surface area is 76.6 Å². The molecule has 0 amide bonds. The summed E-state index contributed by atoms with van der Waals surface area (Å²) in [4.78, 5) is 4.12. The number of anilines is 1. The molecule has 1 aromatic rings. The van der Waals surface area contributed by atoms with Crippen LogP contribution in [0.15, 0.2) is 23.4 Å². The summed E-state index contributed by atoms with van der Waals surface area (Å²) in [6, 6.07) is 3.74. The topological polar surface area (TPSA) is 38.9 Å². The number of aromatic nitrogens is 1. The molecule has 2 nitrogen and oxygen atoms in total. The van der Waals surface area contributed by atoms with Crippen LogP contribution in [0, 0.1) is 12.3 Å². The maximum absolute atomic E-state index is 5.48. The summed E-state index contributed by atoms with van der Waals surface area (Å²) in [5.41, 5.74) is 6.17. The van der Waals surface area contributed by atoms with Gasteiger partial charge in [0, 0.05) is 12.2 Å². The summed E-state index contributed by atoms with van der Waals surface area (Å²) in [6.45, 7) is 0. The molecule has 0 radical (unpaired) electrons. The maximum atomic E-state index is 5.48. The molecule has 0 saturated carbocycles. The van der Waals surface area contributed by atoms with Gasteiger partial charge >= 0.3 is 0 Å². The minimum absolute atomic E-state index is 0.691. The molecule has 0 spiro atoms. The molecule has 0 aliphatic heterocycles. The lowest BCUT2D eigenvalue weighted by molar-refractivity contribution is 1.13. The number of rotatable bonds is 3. The van der Waals surface area contributed by atoms with E-state index >= 15 is 0 Å². The Balaban J connectivity index is 2.43. The predicted molar refractivity (Wildman–Crippen MR) is 52.8 cm³/mol. The molecule has 62 valence electrons. The van der Waals surface area contributed by atoms with Gasteiger partial charge in [-0.05, 0) is 12.1 Å². The molecule has 0 atom stereocenters. The molecule has 0 aliphatic carbocycles. The molecule has 0 bridgehead atoms. The highest BCUT2D eigenvalue weighted by molar-refractivity contribution is 7.99. The molecule has 2 N–H and O–H groups in total. The van der Waals surface area contributed by atoms with Crippen molar-refractivity contribution in [1.82, 2.24) is 4.98 Å². The van der Waals surface area contributed by atoms with Crippen LogP contribution in [0.25, 0.3) is 0 Å². The normalized spacial score (nSPS) is 9.25. The molecule has 0 unspecified atom stereocenters. The summed E-state index contributed by atoms with van der Waals surface area (Å²) in [5, 5.41) is 0.972. The molecule has 12 heavy (non-hydrogen) atoms. The Bertz CT molecular complexity index is 274. The highest BCUT2D eigenvalue weighted by Crippen LogP contribution is 2.16. The Morgan fingerprint density at radius 3 is 3.00 bits per heavy atom. The van der Waals surface area contributed by atoms with Gasteiger partial charge in [0.2, 0.25) is 0 Å². The number of thioether (sulfide) groups is 1. The highest BCUT2D eigenvalue weighted by Gasteiger charge is 1.93. The van der Waals surface area contributed by atoms with Crippen LogP contribution >= 0.6 is 11.8 Å². The Hall–Kier alpha value is -1.14. The summed E-state index contributed by atoms with van der Waals surface area (Å²) >= 11 is 1.64. The number of nitrogens with two attached hydrogens (primary N) is 1. The zero-order valence-electron chi connectivity index (χ0n) is 6.66. The molecular formula is C9H10N2S. The van der Waals surface area contributed by atoms with E-state index in [-0.39, 0.29) is 0 Å². The van der Waals surface area contributed by atoms with Crippen LogP contribution in [0.5, 0.6) is 0 Å². The van der Waals surface area contributed by atoms with Crippen molar-refractivity contribution in [3.63, 3.8) is 0 Å². The number of hydrogen-bond donors (Lipinski definition) is 1. The molecular weight excluding hydrogens is 168 g/mol. The van der Waals surface area contributed by atoms with Gasteiger partial charge in [-0.3, -0.25) is 0 Å². The second-order valence-corrected chi connectivity index (χ2v) is 3.35. The average molecular weight is 178 g/mol. The van der Waals surface area contributed by atoms with Crippen molar-refractivity contribution < 1.29 is 0 Å². The largest absolute Gasteiger partial charge is 0.397 e. The van der Waals surface area contributed by atoms with Gasteiger partial charge in [-0.25, -0.2) is 4.98 Å². The third kappa shape index (κ3) is 2.85. The predicted octanol–water partition coefficient (Wildman–Crippen LogP) is 1.78. The van der Waals surface area contributed by atoms with E-state index in [4.69, 9.17) is 12.2 Å². The van der Waals surface area contributed by atoms with Crippen LogP contribution in [0.3, 0.4) is 0 Å². The highest BCUT2D eigenvalue weighted by atomic mass is 32.2. The molecule has 0 fully saturated rings. The molecule has 1 rings (SSSR count).